The van der Waals surface area contributed by atoms with Crippen LogP contribution in [0.2, 0.25) is 0 Å². The molecule has 0 atom stereocenters. The van der Waals surface area contributed by atoms with Crippen LogP contribution in [0.25, 0.3) is 0 Å². The van der Waals surface area contributed by atoms with Crippen molar-refractivity contribution < 1.29 is 0 Å². The standard InChI is InChI=1S/C13H12N4S2/c14-12(18)9-3-1-4-10(7-9)16-13(19)17-11-5-2-6-15-8-11/h1-8H,(H2,14,18)(H2,16,17,19). The largest absolute Gasteiger partial charge is 0.389 e. The molecule has 1 aromatic heterocycles. The summed E-state index contributed by atoms with van der Waals surface area (Å²) in [6, 6.07) is 11.2. The van der Waals surface area contributed by atoms with E-state index >= 15 is 0 Å². The summed E-state index contributed by atoms with van der Waals surface area (Å²) in [5.41, 5.74) is 8.03. The van der Waals surface area contributed by atoms with Crippen molar-refractivity contribution in [1.29, 1.82) is 0 Å². The molecule has 0 aliphatic heterocycles. The molecule has 4 nitrogen and oxygen atoms in total. The summed E-state index contributed by atoms with van der Waals surface area (Å²) >= 11 is 10.1. The number of pyridine rings is 1. The molecule has 0 fully saturated rings. The Balaban J connectivity index is 2.03. The van der Waals surface area contributed by atoms with Crippen molar-refractivity contribution in [2.45, 2.75) is 0 Å². The van der Waals surface area contributed by atoms with Crippen LogP contribution in [-0.2, 0) is 0 Å². The van der Waals surface area contributed by atoms with E-state index in [4.69, 9.17) is 30.2 Å². The van der Waals surface area contributed by atoms with Gasteiger partial charge in [-0.25, -0.2) is 0 Å². The molecular formula is C13H12N4S2. The maximum atomic E-state index is 5.58. The van der Waals surface area contributed by atoms with Gasteiger partial charge in [-0.1, -0.05) is 24.4 Å². The Morgan fingerprint density at radius 3 is 2.47 bits per heavy atom. The van der Waals surface area contributed by atoms with Crippen molar-refractivity contribution >= 4 is 45.9 Å². The number of hydrogen-bond acceptors (Lipinski definition) is 3. The zero-order valence-electron chi connectivity index (χ0n) is 9.96. The zero-order chi connectivity index (χ0) is 13.7. The lowest BCUT2D eigenvalue weighted by atomic mass is 10.2. The van der Waals surface area contributed by atoms with Crippen LogP contribution < -0.4 is 16.4 Å². The lowest BCUT2D eigenvalue weighted by Crippen LogP contribution is -2.19. The second kappa shape index (κ2) is 6.21. The second-order valence-corrected chi connectivity index (χ2v) is 4.61. The number of benzene rings is 1. The van der Waals surface area contributed by atoms with Crippen LogP contribution in [0, 0.1) is 0 Å². The van der Waals surface area contributed by atoms with Crippen LogP contribution in [0.5, 0.6) is 0 Å². The highest BCUT2D eigenvalue weighted by Gasteiger charge is 2.01. The molecule has 96 valence electrons. The predicted octanol–water partition coefficient (Wildman–Crippen LogP) is 2.52. The maximum absolute atomic E-state index is 5.58. The molecule has 4 N–H and O–H groups in total. The topological polar surface area (TPSA) is 63.0 Å². The molecule has 0 amide bonds. The van der Waals surface area contributed by atoms with E-state index < -0.39 is 0 Å². The molecular weight excluding hydrogens is 276 g/mol. The van der Waals surface area contributed by atoms with Gasteiger partial charge < -0.3 is 16.4 Å². The molecule has 1 aromatic carbocycles. The number of hydrogen-bond donors (Lipinski definition) is 3. The lowest BCUT2D eigenvalue weighted by Gasteiger charge is -2.10. The normalized spacial score (nSPS) is 9.68. The molecule has 0 saturated carbocycles. The minimum absolute atomic E-state index is 0.356. The van der Waals surface area contributed by atoms with Crippen molar-refractivity contribution in [2.24, 2.45) is 5.73 Å². The van der Waals surface area contributed by atoms with Gasteiger partial charge in [0.05, 0.1) is 11.9 Å². The van der Waals surface area contributed by atoms with E-state index in [1.165, 1.54) is 0 Å². The Morgan fingerprint density at radius 2 is 1.79 bits per heavy atom. The van der Waals surface area contributed by atoms with Crippen LogP contribution in [0.15, 0.2) is 48.8 Å². The summed E-state index contributed by atoms with van der Waals surface area (Å²) in [5.74, 6) is 0. The molecule has 0 radical (unpaired) electrons. The highest BCUT2D eigenvalue weighted by atomic mass is 32.1. The van der Waals surface area contributed by atoms with Crippen molar-refractivity contribution in [1.82, 2.24) is 4.98 Å². The third-order valence-corrected chi connectivity index (χ3v) is 2.76. The van der Waals surface area contributed by atoms with Gasteiger partial charge in [0.15, 0.2) is 5.11 Å². The third-order valence-electron chi connectivity index (χ3n) is 2.32. The van der Waals surface area contributed by atoms with E-state index in [1.54, 1.807) is 12.4 Å². The van der Waals surface area contributed by atoms with Gasteiger partial charge in [-0.05, 0) is 36.5 Å². The van der Waals surface area contributed by atoms with E-state index in [0.29, 0.717) is 10.1 Å². The van der Waals surface area contributed by atoms with Crippen molar-refractivity contribution in [3.8, 4) is 0 Å². The molecule has 0 bridgehead atoms. The summed E-state index contributed by atoms with van der Waals surface area (Å²) in [6.07, 6.45) is 3.40. The molecule has 0 aliphatic carbocycles. The SMILES string of the molecule is NC(=S)c1cccc(NC(=S)Nc2cccnc2)c1. The molecule has 0 saturated heterocycles. The van der Waals surface area contributed by atoms with Crippen LogP contribution in [0.4, 0.5) is 11.4 Å². The Labute approximate surface area is 122 Å². The molecule has 19 heavy (non-hydrogen) atoms. The van der Waals surface area contributed by atoms with Crippen molar-refractivity contribution in [2.75, 3.05) is 10.6 Å². The first kappa shape index (κ1) is 13.4. The molecule has 2 aromatic rings. The van der Waals surface area contributed by atoms with Crippen LogP contribution in [0.3, 0.4) is 0 Å². The quantitative estimate of drug-likeness (QED) is 0.754. The summed E-state index contributed by atoms with van der Waals surface area (Å²) in [4.78, 5) is 4.35. The first-order valence-electron chi connectivity index (χ1n) is 5.53. The zero-order valence-corrected chi connectivity index (χ0v) is 11.6. The molecule has 0 aliphatic rings. The van der Waals surface area contributed by atoms with E-state index in [1.807, 2.05) is 36.4 Å². The lowest BCUT2D eigenvalue weighted by molar-refractivity contribution is 1.33. The Hall–Kier alpha value is -2.05. The predicted molar refractivity (Wildman–Crippen MR) is 86.4 cm³/mol. The van der Waals surface area contributed by atoms with Gasteiger partial charge in [-0.2, -0.15) is 0 Å². The molecule has 6 heteroatoms. The molecule has 1 heterocycles. The van der Waals surface area contributed by atoms with E-state index in [0.717, 1.165) is 16.9 Å². The fourth-order valence-corrected chi connectivity index (χ4v) is 1.84. The minimum Gasteiger partial charge on any atom is -0.389 e. The molecule has 2 rings (SSSR count). The first-order chi connectivity index (χ1) is 9.15. The third kappa shape index (κ3) is 3.97. The van der Waals surface area contributed by atoms with Gasteiger partial charge in [0, 0.05) is 17.4 Å². The molecule has 0 unspecified atom stereocenters. The summed E-state index contributed by atoms with van der Waals surface area (Å²) in [6.45, 7) is 0. The fraction of sp³-hybridized carbons (Fsp3) is 0. The highest BCUT2D eigenvalue weighted by molar-refractivity contribution is 7.81. The number of aromatic nitrogens is 1. The monoisotopic (exact) mass is 288 g/mol. The summed E-state index contributed by atoms with van der Waals surface area (Å²) in [5, 5.41) is 6.58. The van der Waals surface area contributed by atoms with Gasteiger partial charge in [-0.15, -0.1) is 0 Å². The number of nitrogens with zero attached hydrogens (tertiary/aromatic N) is 1. The van der Waals surface area contributed by atoms with E-state index in [2.05, 4.69) is 15.6 Å². The average Bonchev–Trinajstić information content (AvgIpc) is 2.40. The maximum Gasteiger partial charge on any atom is 0.175 e. The Morgan fingerprint density at radius 1 is 1.05 bits per heavy atom. The van der Waals surface area contributed by atoms with Crippen molar-refractivity contribution in [3.63, 3.8) is 0 Å². The fourth-order valence-electron chi connectivity index (χ4n) is 1.48. The summed E-state index contributed by atoms with van der Waals surface area (Å²) in [7, 11) is 0. The minimum atomic E-state index is 0.356. The number of rotatable bonds is 3. The number of thiocarbonyl (C=S) groups is 2. The van der Waals surface area contributed by atoms with Crippen LogP contribution in [0.1, 0.15) is 5.56 Å². The van der Waals surface area contributed by atoms with E-state index in [9.17, 15) is 0 Å². The van der Waals surface area contributed by atoms with Gasteiger partial charge >= 0.3 is 0 Å². The van der Waals surface area contributed by atoms with Crippen LogP contribution >= 0.6 is 24.4 Å². The highest BCUT2D eigenvalue weighted by Crippen LogP contribution is 2.11. The second-order valence-electron chi connectivity index (χ2n) is 3.77. The Bertz CT molecular complexity index is 599. The number of nitrogens with one attached hydrogen (secondary N) is 2. The van der Waals surface area contributed by atoms with Gasteiger partial charge in [-0.3, -0.25) is 4.98 Å². The van der Waals surface area contributed by atoms with E-state index in [-0.39, 0.29) is 0 Å². The Kier molecular flexibility index (Phi) is 4.38. The van der Waals surface area contributed by atoms with Crippen LogP contribution in [-0.4, -0.2) is 15.1 Å². The smallest absolute Gasteiger partial charge is 0.175 e. The molecule has 0 spiro atoms. The van der Waals surface area contributed by atoms with Gasteiger partial charge in [0.2, 0.25) is 0 Å². The van der Waals surface area contributed by atoms with Gasteiger partial charge in [0.1, 0.15) is 4.99 Å². The number of nitrogens with two attached hydrogens (primary N) is 1. The van der Waals surface area contributed by atoms with Crippen molar-refractivity contribution in [3.05, 3.63) is 54.4 Å². The van der Waals surface area contributed by atoms with Gasteiger partial charge in [0.25, 0.3) is 0 Å². The number of anilines is 2. The first-order valence-corrected chi connectivity index (χ1v) is 6.35. The summed E-state index contributed by atoms with van der Waals surface area (Å²) < 4.78 is 0. The average molecular weight is 288 g/mol.